The van der Waals surface area contributed by atoms with Crippen molar-refractivity contribution in [3.05, 3.63) is 60.2 Å². The zero-order valence-electron chi connectivity index (χ0n) is 14.4. The molecule has 0 bridgehead atoms. The Kier molecular flexibility index (Phi) is 6.09. The van der Waals surface area contributed by atoms with Crippen LogP contribution in [0.1, 0.15) is 22.3 Å². The molecule has 132 valence electrons. The van der Waals surface area contributed by atoms with Gasteiger partial charge in [0.15, 0.2) is 0 Å². The van der Waals surface area contributed by atoms with Gasteiger partial charge in [-0.15, -0.1) is 0 Å². The lowest BCUT2D eigenvalue weighted by atomic mass is 10.0. The van der Waals surface area contributed by atoms with Crippen LogP contribution in [-0.4, -0.2) is 59.8 Å². The lowest BCUT2D eigenvalue weighted by Gasteiger charge is -2.28. The Morgan fingerprint density at radius 1 is 1.20 bits per heavy atom. The lowest BCUT2D eigenvalue weighted by molar-refractivity contribution is 0.000477. The zero-order valence-corrected chi connectivity index (χ0v) is 14.4. The number of hydrogen-bond acceptors (Lipinski definition) is 5. The van der Waals surface area contributed by atoms with E-state index in [2.05, 4.69) is 9.97 Å². The fourth-order valence-electron chi connectivity index (χ4n) is 3.21. The molecular formula is C19H23N3O3. The summed E-state index contributed by atoms with van der Waals surface area (Å²) in [5, 5.41) is 0. The summed E-state index contributed by atoms with van der Waals surface area (Å²) in [6.45, 7) is 1.75. The van der Waals surface area contributed by atoms with Gasteiger partial charge < -0.3 is 14.4 Å². The first-order valence-corrected chi connectivity index (χ1v) is 8.50. The van der Waals surface area contributed by atoms with Crippen LogP contribution in [0.3, 0.4) is 0 Å². The van der Waals surface area contributed by atoms with Crippen molar-refractivity contribution in [1.29, 1.82) is 0 Å². The van der Waals surface area contributed by atoms with Gasteiger partial charge in [-0.2, -0.15) is 0 Å². The van der Waals surface area contributed by atoms with Crippen molar-refractivity contribution in [2.24, 2.45) is 0 Å². The van der Waals surface area contributed by atoms with Crippen molar-refractivity contribution in [3.63, 3.8) is 0 Å². The average Bonchev–Trinajstić information content (AvgIpc) is 3.05. The number of aromatic nitrogens is 2. The maximum absolute atomic E-state index is 12.9. The minimum atomic E-state index is -0.0197. The molecule has 1 aliphatic rings. The molecule has 0 aromatic carbocycles. The van der Waals surface area contributed by atoms with Gasteiger partial charge in [-0.25, -0.2) is 0 Å². The minimum absolute atomic E-state index is 0.000156. The number of carbonyl (C=O) groups is 1. The fraction of sp³-hybridized carbons (Fsp3) is 0.421. The summed E-state index contributed by atoms with van der Waals surface area (Å²) in [5.74, 6) is -0.000156. The van der Waals surface area contributed by atoms with E-state index in [1.807, 2.05) is 23.2 Å². The number of hydrogen-bond donors (Lipinski definition) is 0. The first-order valence-electron chi connectivity index (χ1n) is 8.50. The third-order valence-corrected chi connectivity index (χ3v) is 4.44. The molecule has 0 aliphatic carbocycles. The summed E-state index contributed by atoms with van der Waals surface area (Å²) in [7, 11) is 1.66. The smallest absolute Gasteiger partial charge is 0.255 e. The Bertz CT molecular complexity index is 666. The van der Waals surface area contributed by atoms with E-state index in [9.17, 15) is 4.79 Å². The molecule has 25 heavy (non-hydrogen) atoms. The van der Waals surface area contributed by atoms with Crippen LogP contribution in [0, 0.1) is 0 Å². The summed E-state index contributed by atoms with van der Waals surface area (Å²) >= 11 is 0. The van der Waals surface area contributed by atoms with Crippen molar-refractivity contribution in [1.82, 2.24) is 14.9 Å². The molecule has 1 saturated heterocycles. The van der Waals surface area contributed by atoms with E-state index in [0.717, 1.165) is 18.4 Å². The molecule has 6 heteroatoms. The molecule has 0 unspecified atom stereocenters. The van der Waals surface area contributed by atoms with E-state index in [1.54, 1.807) is 37.8 Å². The van der Waals surface area contributed by atoms with Crippen LogP contribution in [0.2, 0.25) is 0 Å². The van der Waals surface area contributed by atoms with E-state index in [4.69, 9.17) is 9.47 Å². The maximum Gasteiger partial charge on any atom is 0.255 e. The highest BCUT2D eigenvalue weighted by Gasteiger charge is 2.38. The summed E-state index contributed by atoms with van der Waals surface area (Å²) in [5.41, 5.74) is 1.70. The highest BCUT2D eigenvalue weighted by Crippen LogP contribution is 2.26. The third-order valence-electron chi connectivity index (χ3n) is 4.44. The number of ether oxygens (including phenoxy) is 2. The lowest BCUT2D eigenvalue weighted by Crippen LogP contribution is -2.42. The van der Waals surface area contributed by atoms with Crippen LogP contribution in [0.5, 0.6) is 0 Å². The van der Waals surface area contributed by atoms with E-state index < -0.39 is 0 Å². The molecule has 6 nitrogen and oxygen atoms in total. The molecule has 2 atom stereocenters. The van der Waals surface area contributed by atoms with Crippen LogP contribution in [-0.2, 0) is 15.9 Å². The molecule has 0 N–H and O–H groups in total. The predicted molar refractivity (Wildman–Crippen MR) is 93.2 cm³/mol. The van der Waals surface area contributed by atoms with Gasteiger partial charge in [0.2, 0.25) is 0 Å². The van der Waals surface area contributed by atoms with Crippen molar-refractivity contribution in [2.75, 3.05) is 26.9 Å². The maximum atomic E-state index is 12.9. The molecule has 3 rings (SSSR count). The highest BCUT2D eigenvalue weighted by molar-refractivity contribution is 5.94. The predicted octanol–water partition coefficient (Wildman–Crippen LogP) is 1.97. The van der Waals surface area contributed by atoms with Gasteiger partial charge in [-0.1, -0.05) is 6.07 Å². The zero-order chi connectivity index (χ0) is 17.5. The van der Waals surface area contributed by atoms with Crippen molar-refractivity contribution in [2.45, 2.75) is 25.0 Å². The Labute approximate surface area is 147 Å². The number of pyridine rings is 2. The summed E-state index contributed by atoms with van der Waals surface area (Å²) in [4.78, 5) is 23.1. The molecule has 0 spiro atoms. The van der Waals surface area contributed by atoms with Gasteiger partial charge in [0.1, 0.15) is 0 Å². The first kappa shape index (κ1) is 17.5. The third kappa shape index (κ3) is 4.41. The Morgan fingerprint density at radius 3 is 2.68 bits per heavy atom. The number of methoxy groups -OCH3 is 1. The first-order chi connectivity index (χ1) is 12.3. The second kappa shape index (κ2) is 8.69. The van der Waals surface area contributed by atoms with Crippen molar-refractivity contribution < 1.29 is 14.3 Å². The number of nitrogens with zero attached hydrogens (tertiary/aromatic N) is 3. The normalized spacial score (nSPS) is 20.0. The van der Waals surface area contributed by atoms with Gasteiger partial charge in [0, 0.05) is 38.4 Å². The molecule has 3 heterocycles. The van der Waals surface area contributed by atoms with Gasteiger partial charge in [-0.3, -0.25) is 14.8 Å². The fourth-order valence-corrected chi connectivity index (χ4v) is 3.21. The summed E-state index contributed by atoms with van der Waals surface area (Å²) in [6, 6.07) is 7.51. The quantitative estimate of drug-likeness (QED) is 0.721. The average molecular weight is 341 g/mol. The van der Waals surface area contributed by atoms with E-state index in [0.29, 0.717) is 25.3 Å². The van der Waals surface area contributed by atoms with Crippen molar-refractivity contribution in [3.8, 4) is 0 Å². The van der Waals surface area contributed by atoms with Crippen LogP contribution < -0.4 is 0 Å². The van der Waals surface area contributed by atoms with Crippen LogP contribution in [0.25, 0.3) is 0 Å². The molecule has 0 saturated carbocycles. The Balaban J connectivity index is 1.77. The molecular weight excluding hydrogens is 318 g/mol. The minimum Gasteiger partial charge on any atom is -0.382 e. The van der Waals surface area contributed by atoms with Crippen molar-refractivity contribution >= 4 is 5.91 Å². The summed E-state index contributed by atoms with van der Waals surface area (Å²) < 4.78 is 11.1. The molecule has 2 aromatic rings. The standard InChI is InChI=1S/C19H23N3O3/c1-24-10-11-25-18-6-9-22(19(23)16-5-3-8-21-14-16)17(18)12-15-4-2-7-20-13-15/h2-5,7-8,13-14,17-18H,6,9-12H2,1H3/t17-,18-/m0/s1. The Morgan fingerprint density at radius 2 is 2.00 bits per heavy atom. The molecule has 0 radical (unpaired) electrons. The topological polar surface area (TPSA) is 64.6 Å². The largest absolute Gasteiger partial charge is 0.382 e. The van der Waals surface area contributed by atoms with E-state index in [1.165, 1.54) is 0 Å². The highest BCUT2D eigenvalue weighted by atomic mass is 16.5. The Hall–Kier alpha value is -2.31. The molecule has 1 aliphatic heterocycles. The summed E-state index contributed by atoms with van der Waals surface area (Å²) in [6.07, 6.45) is 8.42. The second-order valence-corrected chi connectivity index (χ2v) is 6.06. The second-order valence-electron chi connectivity index (χ2n) is 6.06. The molecule has 1 fully saturated rings. The van der Waals surface area contributed by atoms with Gasteiger partial charge in [0.25, 0.3) is 5.91 Å². The number of amides is 1. The monoisotopic (exact) mass is 341 g/mol. The number of likely N-dealkylation sites (tertiary alicyclic amines) is 1. The van der Waals surface area contributed by atoms with Gasteiger partial charge in [-0.05, 0) is 36.6 Å². The molecule has 1 amide bonds. The van der Waals surface area contributed by atoms with Gasteiger partial charge >= 0.3 is 0 Å². The van der Waals surface area contributed by atoms with Crippen LogP contribution >= 0.6 is 0 Å². The number of carbonyl (C=O) groups excluding carboxylic acids is 1. The van der Waals surface area contributed by atoms with Crippen LogP contribution in [0.15, 0.2) is 49.1 Å². The SMILES string of the molecule is COCCO[C@H]1CCN(C(=O)c2cccnc2)[C@H]1Cc1cccnc1. The number of rotatable bonds is 7. The molecule has 2 aromatic heterocycles. The van der Waals surface area contributed by atoms with Crippen LogP contribution in [0.4, 0.5) is 0 Å². The van der Waals surface area contributed by atoms with Gasteiger partial charge in [0.05, 0.1) is 30.9 Å². The van der Waals surface area contributed by atoms with E-state index in [-0.39, 0.29) is 18.1 Å². The van der Waals surface area contributed by atoms with E-state index >= 15 is 0 Å².